The number of carbonyl (C=O) groups is 1. The first-order valence-corrected chi connectivity index (χ1v) is 15.9. The molecular formula is C34H56O2. The van der Waals surface area contributed by atoms with Crippen molar-refractivity contribution in [2.24, 2.45) is 11.3 Å². The molecule has 1 unspecified atom stereocenters. The Balaban J connectivity index is 2.07. The van der Waals surface area contributed by atoms with Crippen LogP contribution in [0.3, 0.4) is 0 Å². The van der Waals surface area contributed by atoms with Gasteiger partial charge in [-0.25, -0.2) is 0 Å². The first-order chi connectivity index (χ1) is 17.6. The maximum Gasteiger partial charge on any atom is 0.314 e. The van der Waals surface area contributed by atoms with Crippen LogP contribution in [0.25, 0.3) is 0 Å². The second-order valence-corrected chi connectivity index (χ2v) is 12.2. The molecular weight excluding hydrogens is 440 g/mol. The normalized spacial score (nSPS) is 25.2. The lowest BCUT2D eigenvalue weighted by atomic mass is 9.62. The van der Waals surface area contributed by atoms with Crippen molar-refractivity contribution in [3.63, 3.8) is 0 Å². The van der Waals surface area contributed by atoms with Crippen LogP contribution in [0.15, 0.2) is 34.9 Å². The molecule has 0 aromatic carbocycles. The Morgan fingerprint density at radius 1 is 0.583 bits per heavy atom. The zero-order valence-electron chi connectivity index (χ0n) is 23.6. The van der Waals surface area contributed by atoms with E-state index in [-0.39, 0.29) is 5.92 Å². The van der Waals surface area contributed by atoms with E-state index < -0.39 is 11.4 Å². The molecule has 0 aliphatic heterocycles. The van der Waals surface area contributed by atoms with Crippen molar-refractivity contribution in [3.05, 3.63) is 34.9 Å². The summed E-state index contributed by atoms with van der Waals surface area (Å²) in [5.74, 6) is -0.560. The van der Waals surface area contributed by atoms with Gasteiger partial charge in [-0.05, 0) is 84.0 Å². The van der Waals surface area contributed by atoms with Crippen LogP contribution in [-0.4, -0.2) is 11.1 Å². The minimum Gasteiger partial charge on any atom is -0.481 e. The maximum atomic E-state index is 13.5. The topological polar surface area (TPSA) is 37.3 Å². The van der Waals surface area contributed by atoms with Gasteiger partial charge in [0.2, 0.25) is 0 Å². The highest BCUT2D eigenvalue weighted by Crippen LogP contribution is 2.49. The second-order valence-electron chi connectivity index (χ2n) is 12.2. The predicted octanol–water partition coefficient (Wildman–Crippen LogP) is 10.9. The van der Waals surface area contributed by atoms with Crippen LogP contribution in [0.2, 0.25) is 0 Å². The molecule has 0 aromatic rings. The van der Waals surface area contributed by atoms with Gasteiger partial charge in [0, 0.05) is 5.92 Å². The van der Waals surface area contributed by atoms with Gasteiger partial charge >= 0.3 is 5.97 Å². The minimum absolute atomic E-state index is 0.0306. The lowest BCUT2D eigenvalue weighted by Gasteiger charge is -2.41. The first-order valence-electron chi connectivity index (χ1n) is 15.9. The number of rotatable bonds is 5. The second kappa shape index (κ2) is 16.5. The first kappa shape index (κ1) is 29.2. The van der Waals surface area contributed by atoms with Crippen LogP contribution >= 0.6 is 0 Å². The summed E-state index contributed by atoms with van der Waals surface area (Å²) in [5, 5.41) is 11.1. The Morgan fingerprint density at radius 3 is 1.39 bits per heavy atom. The average Bonchev–Trinajstić information content (AvgIpc) is 2.89. The fourth-order valence-corrected chi connectivity index (χ4v) is 7.11. The molecule has 2 heteroatoms. The number of aliphatic carboxylic acids is 1. The monoisotopic (exact) mass is 496 g/mol. The zero-order valence-corrected chi connectivity index (χ0v) is 23.6. The zero-order chi connectivity index (χ0) is 25.5. The molecule has 3 aliphatic carbocycles. The van der Waals surface area contributed by atoms with Gasteiger partial charge in [-0.2, -0.15) is 0 Å². The van der Waals surface area contributed by atoms with Gasteiger partial charge < -0.3 is 5.11 Å². The molecule has 0 saturated carbocycles. The summed E-state index contributed by atoms with van der Waals surface area (Å²) in [6.07, 6.45) is 36.8. The van der Waals surface area contributed by atoms with E-state index in [0.29, 0.717) is 0 Å². The van der Waals surface area contributed by atoms with Crippen molar-refractivity contribution in [1.29, 1.82) is 0 Å². The summed E-state index contributed by atoms with van der Waals surface area (Å²) in [6.45, 7) is 2.12. The molecule has 0 bridgehead atoms. The van der Waals surface area contributed by atoms with Crippen molar-refractivity contribution >= 4 is 5.97 Å². The van der Waals surface area contributed by atoms with E-state index in [1.54, 1.807) is 0 Å². The van der Waals surface area contributed by atoms with E-state index in [9.17, 15) is 9.90 Å². The molecule has 0 aromatic heterocycles. The highest BCUT2D eigenvalue weighted by atomic mass is 16.4. The van der Waals surface area contributed by atoms with E-state index in [2.05, 4.69) is 25.2 Å². The van der Waals surface area contributed by atoms with Gasteiger partial charge in [0.1, 0.15) is 0 Å². The molecule has 1 N–H and O–H groups in total. The number of carboxylic acids is 1. The van der Waals surface area contributed by atoms with Crippen LogP contribution in [-0.2, 0) is 4.79 Å². The summed E-state index contributed by atoms with van der Waals surface area (Å²) in [6, 6.07) is 0. The molecule has 0 saturated heterocycles. The molecule has 0 spiro atoms. The molecule has 0 radical (unpaired) electrons. The number of hydrogen-bond donors (Lipinski definition) is 1. The molecule has 0 heterocycles. The highest BCUT2D eigenvalue weighted by Gasteiger charge is 2.47. The Labute approximate surface area is 223 Å². The SMILES string of the molecule is CC(C(=O)O)(C1=CCCCCCCCC1)C(C1=CCCCCCCCC1)C1=CCCCCCCCC1. The average molecular weight is 497 g/mol. The maximum absolute atomic E-state index is 13.5. The summed E-state index contributed by atoms with van der Waals surface area (Å²) in [4.78, 5) is 13.5. The van der Waals surface area contributed by atoms with E-state index >= 15 is 0 Å². The smallest absolute Gasteiger partial charge is 0.314 e. The van der Waals surface area contributed by atoms with Gasteiger partial charge in [0.25, 0.3) is 0 Å². The van der Waals surface area contributed by atoms with Crippen molar-refractivity contribution in [2.75, 3.05) is 0 Å². The van der Waals surface area contributed by atoms with Crippen LogP contribution in [0, 0.1) is 11.3 Å². The van der Waals surface area contributed by atoms with E-state index in [0.717, 1.165) is 44.9 Å². The molecule has 2 nitrogen and oxygen atoms in total. The van der Waals surface area contributed by atoms with E-state index in [4.69, 9.17) is 0 Å². The van der Waals surface area contributed by atoms with Gasteiger partial charge in [-0.1, -0.05) is 112 Å². The standard InChI is InChI=1S/C34H56O2/c1-34(33(35)36,31-27-21-15-9-4-10-16-22-28-31)32(29-23-17-11-5-2-6-12-18-24-29)30-25-19-13-7-3-8-14-20-26-30/h23,25,27,32H,2-22,24,26,28H2,1H3,(H,35,36). The van der Waals surface area contributed by atoms with E-state index in [1.807, 2.05) is 0 Å². The predicted molar refractivity (Wildman–Crippen MR) is 154 cm³/mol. The Morgan fingerprint density at radius 2 is 0.944 bits per heavy atom. The Bertz CT molecular complexity index is 708. The van der Waals surface area contributed by atoms with Crippen molar-refractivity contribution in [1.82, 2.24) is 0 Å². The fraction of sp³-hybridized carbons (Fsp3) is 0.794. The highest BCUT2D eigenvalue weighted by molar-refractivity contribution is 5.80. The van der Waals surface area contributed by atoms with Crippen molar-refractivity contribution in [2.45, 2.75) is 161 Å². The van der Waals surface area contributed by atoms with E-state index in [1.165, 1.54) is 126 Å². The van der Waals surface area contributed by atoms with Crippen molar-refractivity contribution in [3.8, 4) is 0 Å². The van der Waals surface area contributed by atoms with Gasteiger partial charge in [0.15, 0.2) is 0 Å². The number of carboxylic acid groups (broad SMARTS) is 1. The largest absolute Gasteiger partial charge is 0.481 e. The molecule has 3 aliphatic rings. The lowest BCUT2D eigenvalue weighted by molar-refractivity contribution is -0.147. The third-order valence-corrected chi connectivity index (χ3v) is 9.37. The molecule has 204 valence electrons. The summed E-state index contributed by atoms with van der Waals surface area (Å²) in [7, 11) is 0. The summed E-state index contributed by atoms with van der Waals surface area (Å²) >= 11 is 0. The Kier molecular flexibility index (Phi) is 13.4. The molecule has 0 amide bonds. The number of allylic oxidation sites excluding steroid dienone is 5. The van der Waals surface area contributed by atoms with Gasteiger partial charge in [-0.15, -0.1) is 0 Å². The Hall–Kier alpha value is -1.31. The minimum atomic E-state index is -0.828. The van der Waals surface area contributed by atoms with Gasteiger partial charge in [-0.3, -0.25) is 4.79 Å². The number of hydrogen-bond acceptors (Lipinski definition) is 1. The molecule has 36 heavy (non-hydrogen) atoms. The fourth-order valence-electron chi connectivity index (χ4n) is 7.11. The van der Waals surface area contributed by atoms with Crippen LogP contribution in [0.1, 0.15) is 161 Å². The lowest BCUT2D eigenvalue weighted by Crippen LogP contribution is -2.40. The molecule has 1 atom stereocenters. The van der Waals surface area contributed by atoms with Crippen LogP contribution in [0.4, 0.5) is 0 Å². The summed E-state index contributed by atoms with van der Waals surface area (Å²) < 4.78 is 0. The quantitative estimate of drug-likeness (QED) is 0.384. The van der Waals surface area contributed by atoms with Crippen LogP contribution < -0.4 is 0 Å². The van der Waals surface area contributed by atoms with Crippen molar-refractivity contribution < 1.29 is 9.90 Å². The third-order valence-electron chi connectivity index (χ3n) is 9.37. The van der Waals surface area contributed by atoms with Gasteiger partial charge in [0.05, 0.1) is 5.41 Å². The van der Waals surface area contributed by atoms with Crippen LogP contribution in [0.5, 0.6) is 0 Å². The molecule has 3 rings (SSSR count). The summed E-state index contributed by atoms with van der Waals surface area (Å²) in [5.41, 5.74) is 3.33. The molecule has 0 fully saturated rings. The third kappa shape index (κ3) is 8.91.